The highest BCUT2D eigenvalue weighted by atomic mass is 19.1. The molecule has 1 nitrogen and oxygen atoms in total. The SMILES string of the molecule is CNC(Cc1cc(F)ccc1C)CC1CCC1. The first-order valence-electron chi connectivity index (χ1n) is 6.61. The van der Waals surface area contributed by atoms with Crippen LogP contribution >= 0.6 is 0 Å². The van der Waals surface area contributed by atoms with Crippen LogP contribution in [0.1, 0.15) is 36.8 Å². The molecule has 0 saturated heterocycles. The summed E-state index contributed by atoms with van der Waals surface area (Å²) in [5.74, 6) is 0.769. The number of benzene rings is 1. The van der Waals surface area contributed by atoms with E-state index in [9.17, 15) is 4.39 Å². The smallest absolute Gasteiger partial charge is 0.123 e. The van der Waals surface area contributed by atoms with E-state index in [-0.39, 0.29) is 5.82 Å². The van der Waals surface area contributed by atoms with E-state index in [4.69, 9.17) is 0 Å². The lowest BCUT2D eigenvalue weighted by atomic mass is 9.79. The maximum Gasteiger partial charge on any atom is 0.123 e. The van der Waals surface area contributed by atoms with Crippen LogP contribution in [0.15, 0.2) is 18.2 Å². The zero-order valence-corrected chi connectivity index (χ0v) is 10.8. The molecule has 94 valence electrons. The Labute approximate surface area is 103 Å². The van der Waals surface area contributed by atoms with Gasteiger partial charge in [-0.2, -0.15) is 0 Å². The van der Waals surface area contributed by atoms with Crippen LogP contribution < -0.4 is 5.32 Å². The lowest BCUT2D eigenvalue weighted by Gasteiger charge is -2.29. The molecule has 0 heterocycles. The second-order valence-corrected chi connectivity index (χ2v) is 5.29. The zero-order valence-electron chi connectivity index (χ0n) is 10.8. The summed E-state index contributed by atoms with van der Waals surface area (Å²) in [5, 5.41) is 3.37. The van der Waals surface area contributed by atoms with Crippen LogP contribution in [-0.2, 0) is 6.42 Å². The van der Waals surface area contributed by atoms with Gasteiger partial charge in [-0.15, -0.1) is 0 Å². The van der Waals surface area contributed by atoms with E-state index < -0.39 is 0 Å². The lowest BCUT2D eigenvalue weighted by Crippen LogP contribution is -2.32. The summed E-state index contributed by atoms with van der Waals surface area (Å²) >= 11 is 0. The van der Waals surface area contributed by atoms with Crippen molar-refractivity contribution >= 4 is 0 Å². The van der Waals surface area contributed by atoms with Gasteiger partial charge in [-0.25, -0.2) is 4.39 Å². The van der Waals surface area contributed by atoms with Crippen molar-refractivity contribution in [2.75, 3.05) is 7.05 Å². The van der Waals surface area contributed by atoms with Gasteiger partial charge in [0.05, 0.1) is 0 Å². The van der Waals surface area contributed by atoms with Gasteiger partial charge in [-0.05, 0) is 56.0 Å². The molecule has 1 saturated carbocycles. The van der Waals surface area contributed by atoms with Crippen LogP contribution in [0.3, 0.4) is 0 Å². The molecule has 1 aliphatic carbocycles. The van der Waals surface area contributed by atoms with E-state index in [0.29, 0.717) is 6.04 Å². The Kier molecular flexibility index (Phi) is 4.16. The van der Waals surface area contributed by atoms with Crippen LogP contribution in [-0.4, -0.2) is 13.1 Å². The van der Waals surface area contributed by atoms with Crippen molar-refractivity contribution in [3.8, 4) is 0 Å². The average molecular weight is 235 g/mol. The molecule has 0 radical (unpaired) electrons. The standard InChI is InChI=1S/C15H22FN/c1-11-6-7-14(16)9-13(11)10-15(17-2)8-12-4-3-5-12/h6-7,9,12,15,17H,3-5,8,10H2,1-2H3. The number of likely N-dealkylation sites (N-methyl/N-ethyl adjacent to an activating group) is 1. The van der Waals surface area contributed by atoms with Crippen LogP contribution in [0.25, 0.3) is 0 Å². The quantitative estimate of drug-likeness (QED) is 0.824. The minimum atomic E-state index is -0.121. The lowest BCUT2D eigenvalue weighted by molar-refractivity contribution is 0.263. The predicted octanol–water partition coefficient (Wildman–Crippen LogP) is 3.45. The van der Waals surface area contributed by atoms with Crippen LogP contribution in [0.2, 0.25) is 0 Å². The second kappa shape index (κ2) is 5.63. The molecular weight excluding hydrogens is 213 g/mol. The number of rotatable bonds is 5. The van der Waals surface area contributed by atoms with Gasteiger partial charge in [0.1, 0.15) is 5.82 Å². The van der Waals surface area contributed by atoms with Crippen molar-refractivity contribution in [2.24, 2.45) is 5.92 Å². The molecule has 1 fully saturated rings. The Hall–Kier alpha value is -0.890. The first-order chi connectivity index (χ1) is 8.19. The van der Waals surface area contributed by atoms with Crippen molar-refractivity contribution in [3.05, 3.63) is 35.1 Å². The molecule has 17 heavy (non-hydrogen) atoms. The van der Waals surface area contributed by atoms with E-state index in [1.165, 1.54) is 31.2 Å². The second-order valence-electron chi connectivity index (χ2n) is 5.29. The predicted molar refractivity (Wildman–Crippen MR) is 69.6 cm³/mol. The number of nitrogens with one attached hydrogen (secondary N) is 1. The van der Waals surface area contributed by atoms with Gasteiger partial charge < -0.3 is 5.32 Å². The van der Waals surface area contributed by atoms with Crippen LogP contribution in [0, 0.1) is 18.7 Å². The number of halogens is 1. The Bertz CT molecular complexity index is 371. The fraction of sp³-hybridized carbons (Fsp3) is 0.600. The topological polar surface area (TPSA) is 12.0 Å². The van der Waals surface area contributed by atoms with Crippen molar-refractivity contribution in [2.45, 2.75) is 45.1 Å². The summed E-state index contributed by atoms with van der Waals surface area (Å²) in [6.45, 7) is 2.06. The normalized spacial score (nSPS) is 17.8. The minimum Gasteiger partial charge on any atom is -0.317 e. The fourth-order valence-corrected chi connectivity index (χ4v) is 2.56. The summed E-state index contributed by atoms with van der Waals surface area (Å²) in [6.07, 6.45) is 6.31. The average Bonchev–Trinajstić information content (AvgIpc) is 2.26. The molecule has 0 aliphatic heterocycles. The Balaban J connectivity index is 1.98. The van der Waals surface area contributed by atoms with Crippen molar-refractivity contribution < 1.29 is 4.39 Å². The van der Waals surface area contributed by atoms with Gasteiger partial charge in [0.15, 0.2) is 0 Å². The highest BCUT2D eigenvalue weighted by molar-refractivity contribution is 5.27. The summed E-state index contributed by atoms with van der Waals surface area (Å²) in [6, 6.07) is 5.58. The first kappa shape index (κ1) is 12.6. The van der Waals surface area contributed by atoms with Crippen LogP contribution in [0.5, 0.6) is 0 Å². The third-order valence-corrected chi connectivity index (χ3v) is 4.03. The minimum absolute atomic E-state index is 0.121. The van der Waals surface area contributed by atoms with E-state index in [1.54, 1.807) is 12.1 Å². The fourth-order valence-electron chi connectivity index (χ4n) is 2.56. The van der Waals surface area contributed by atoms with Gasteiger partial charge >= 0.3 is 0 Å². The van der Waals surface area contributed by atoms with Gasteiger partial charge in [-0.3, -0.25) is 0 Å². The third kappa shape index (κ3) is 3.29. The molecule has 1 aliphatic rings. The number of hydrogen-bond acceptors (Lipinski definition) is 1. The molecular formula is C15H22FN. The molecule has 0 spiro atoms. The molecule has 0 aromatic heterocycles. The third-order valence-electron chi connectivity index (χ3n) is 4.03. The highest BCUT2D eigenvalue weighted by Crippen LogP contribution is 2.31. The van der Waals surface area contributed by atoms with E-state index >= 15 is 0 Å². The molecule has 0 amide bonds. The maximum atomic E-state index is 13.2. The van der Waals surface area contributed by atoms with Gasteiger partial charge in [0, 0.05) is 6.04 Å². The Morgan fingerprint density at radius 2 is 2.18 bits per heavy atom. The van der Waals surface area contributed by atoms with Gasteiger partial charge in [-0.1, -0.05) is 25.3 Å². The van der Waals surface area contributed by atoms with Crippen molar-refractivity contribution in [3.63, 3.8) is 0 Å². The molecule has 0 bridgehead atoms. The molecule has 1 unspecified atom stereocenters. The highest BCUT2D eigenvalue weighted by Gasteiger charge is 2.21. The first-order valence-corrected chi connectivity index (χ1v) is 6.61. The Morgan fingerprint density at radius 1 is 1.41 bits per heavy atom. The molecule has 1 aromatic carbocycles. The summed E-state index contributed by atoms with van der Waals surface area (Å²) in [4.78, 5) is 0. The van der Waals surface area contributed by atoms with E-state index in [1.807, 2.05) is 13.1 Å². The summed E-state index contributed by atoms with van der Waals surface area (Å²) in [5.41, 5.74) is 2.34. The van der Waals surface area contributed by atoms with Crippen molar-refractivity contribution in [1.29, 1.82) is 0 Å². The largest absolute Gasteiger partial charge is 0.317 e. The molecule has 1 atom stereocenters. The van der Waals surface area contributed by atoms with Gasteiger partial charge in [0.2, 0.25) is 0 Å². The summed E-state index contributed by atoms with van der Waals surface area (Å²) in [7, 11) is 2.01. The molecule has 2 rings (SSSR count). The summed E-state index contributed by atoms with van der Waals surface area (Å²) < 4.78 is 13.2. The number of hydrogen-bond donors (Lipinski definition) is 1. The Morgan fingerprint density at radius 3 is 2.76 bits per heavy atom. The monoisotopic (exact) mass is 235 g/mol. The van der Waals surface area contributed by atoms with Crippen molar-refractivity contribution in [1.82, 2.24) is 5.32 Å². The maximum absolute atomic E-state index is 13.2. The van der Waals surface area contributed by atoms with E-state index in [0.717, 1.165) is 17.9 Å². The van der Waals surface area contributed by atoms with Crippen LogP contribution in [0.4, 0.5) is 4.39 Å². The van der Waals surface area contributed by atoms with Gasteiger partial charge in [0.25, 0.3) is 0 Å². The molecule has 1 N–H and O–H groups in total. The van der Waals surface area contributed by atoms with E-state index in [2.05, 4.69) is 12.2 Å². The molecule has 2 heteroatoms. The molecule has 1 aromatic rings. The zero-order chi connectivity index (χ0) is 12.3. The number of aryl methyl sites for hydroxylation is 1.